The summed E-state index contributed by atoms with van der Waals surface area (Å²) in [6.45, 7) is 1.38. The molecule has 0 radical (unpaired) electrons. The van der Waals surface area contributed by atoms with Crippen molar-refractivity contribution in [2.24, 2.45) is 0 Å². The van der Waals surface area contributed by atoms with E-state index in [1.165, 1.54) is 4.88 Å². The molecule has 2 aliphatic rings. The highest BCUT2D eigenvalue weighted by Crippen LogP contribution is 2.35. The summed E-state index contributed by atoms with van der Waals surface area (Å²) in [6, 6.07) is 11.9. The SMILES string of the molecule is O=C(c1ccc(-c2cccs2)cc1)N1CCC2(CC1)C[C@@H](O)[C@@H](O)CO2. The van der Waals surface area contributed by atoms with Crippen molar-refractivity contribution in [2.75, 3.05) is 19.7 Å². The fraction of sp³-hybridized carbons (Fsp3) is 0.450. The Morgan fingerprint density at radius 2 is 1.85 bits per heavy atom. The minimum Gasteiger partial charge on any atom is -0.390 e. The molecular formula is C20H23NO4S. The van der Waals surface area contributed by atoms with E-state index in [0.29, 0.717) is 37.9 Å². The van der Waals surface area contributed by atoms with Crippen LogP contribution in [0.4, 0.5) is 0 Å². The van der Waals surface area contributed by atoms with E-state index in [1.54, 1.807) is 11.3 Å². The van der Waals surface area contributed by atoms with Crippen molar-refractivity contribution in [1.29, 1.82) is 0 Å². The van der Waals surface area contributed by atoms with Crippen LogP contribution in [-0.4, -0.2) is 58.5 Å². The zero-order valence-corrected chi connectivity index (χ0v) is 15.3. The normalized spacial score (nSPS) is 25.4. The van der Waals surface area contributed by atoms with Crippen LogP contribution in [0.25, 0.3) is 10.4 Å². The Morgan fingerprint density at radius 3 is 2.46 bits per heavy atom. The zero-order valence-electron chi connectivity index (χ0n) is 14.5. The van der Waals surface area contributed by atoms with Gasteiger partial charge in [0.15, 0.2) is 0 Å². The Bertz CT molecular complexity index is 751. The second kappa shape index (κ2) is 7.12. The van der Waals surface area contributed by atoms with Crippen LogP contribution in [0.1, 0.15) is 29.6 Å². The van der Waals surface area contributed by atoms with Crippen molar-refractivity contribution in [3.05, 3.63) is 47.3 Å². The standard InChI is InChI=1S/C20H23NO4S/c22-16-12-20(25-13-17(16)23)7-9-21(10-8-20)19(24)15-5-3-14(4-6-15)18-2-1-11-26-18/h1-6,11,16-17,22-23H,7-10,12-13H2/t16-,17+/m1/s1. The average molecular weight is 373 g/mol. The number of aliphatic hydroxyl groups excluding tert-OH is 2. The van der Waals surface area contributed by atoms with Crippen molar-refractivity contribution >= 4 is 17.2 Å². The quantitative estimate of drug-likeness (QED) is 0.849. The Balaban J connectivity index is 1.39. The summed E-state index contributed by atoms with van der Waals surface area (Å²) < 4.78 is 5.83. The molecule has 0 unspecified atom stereocenters. The second-order valence-corrected chi connectivity index (χ2v) is 8.13. The van der Waals surface area contributed by atoms with Crippen molar-refractivity contribution in [3.8, 4) is 10.4 Å². The van der Waals surface area contributed by atoms with E-state index >= 15 is 0 Å². The number of likely N-dealkylation sites (tertiary alicyclic amines) is 1. The van der Waals surface area contributed by atoms with Crippen LogP contribution in [0, 0.1) is 0 Å². The van der Waals surface area contributed by atoms with Gasteiger partial charge < -0.3 is 19.8 Å². The number of thiophene rings is 1. The van der Waals surface area contributed by atoms with Gasteiger partial charge >= 0.3 is 0 Å². The van der Waals surface area contributed by atoms with Crippen molar-refractivity contribution in [2.45, 2.75) is 37.1 Å². The molecule has 2 atom stereocenters. The zero-order chi connectivity index (χ0) is 18.1. The molecule has 1 aromatic heterocycles. The number of piperidine rings is 1. The Morgan fingerprint density at radius 1 is 1.12 bits per heavy atom. The smallest absolute Gasteiger partial charge is 0.253 e. The number of benzene rings is 1. The van der Waals surface area contributed by atoms with Crippen molar-refractivity contribution in [3.63, 3.8) is 0 Å². The predicted octanol–water partition coefficient (Wildman–Crippen LogP) is 2.53. The third-order valence-corrected chi connectivity index (χ3v) is 6.40. The lowest BCUT2D eigenvalue weighted by molar-refractivity contribution is -0.185. The van der Waals surface area contributed by atoms with Crippen LogP contribution in [0.15, 0.2) is 41.8 Å². The molecule has 0 saturated carbocycles. The molecule has 6 heteroatoms. The number of hydrogen-bond acceptors (Lipinski definition) is 5. The van der Waals surface area contributed by atoms with Gasteiger partial charge in [-0.1, -0.05) is 18.2 Å². The number of ether oxygens (including phenoxy) is 1. The molecule has 2 saturated heterocycles. The first-order valence-electron chi connectivity index (χ1n) is 9.00. The Labute approximate surface area is 156 Å². The average Bonchev–Trinajstić information content (AvgIpc) is 3.20. The summed E-state index contributed by atoms with van der Waals surface area (Å²) in [5.74, 6) is 0.0361. The van der Waals surface area contributed by atoms with Gasteiger partial charge in [0.2, 0.25) is 0 Å². The van der Waals surface area contributed by atoms with Crippen LogP contribution >= 0.6 is 11.3 Å². The molecule has 0 bridgehead atoms. The number of carbonyl (C=O) groups is 1. The molecule has 5 nitrogen and oxygen atoms in total. The van der Waals surface area contributed by atoms with Crippen LogP contribution in [0.2, 0.25) is 0 Å². The van der Waals surface area contributed by atoms with Gasteiger partial charge in [-0.25, -0.2) is 0 Å². The molecule has 138 valence electrons. The molecule has 2 N–H and O–H groups in total. The highest BCUT2D eigenvalue weighted by atomic mass is 32.1. The van der Waals surface area contributed by atoms with Gasteiger partial charge in [-0.15, -0.1) is 11.3 Å². The maximum absolute atomic E-state index is 12.8. The number of rotatable bonds is 2. The van der Waals surface area contributed by atoms with Crippen LogP contribution in [-0.2, 0) is 4.74 Å². The fourth-order valence-corrected chi connectivity index (χ4v) is 4.55. The highest BCUT2D eigenvalue weighted by Gasteiger charge is 2.43. The van der Waals surface area contributed by atoms with Crippen LogP contribution < -0.4 is 0 Å². The Hall–Kier alpha value is -1.73. The van der Waals surface area contributed by atoms with E-state index in [4.69, 9.17) is 4.74 Å². The minimum atomic E-state index is -0.804. The molecule has 2 fully saturated rings. The lowest BCUT2D eigenvalue weighted by Gasteiger charge is -2.46. The number of hydrogen-bond donors (Lipinski definition) is 2. The monoisotopic (exact) mass is 373 g/mol. The number of amides is 1. The van der Waals surface area contributed by atoms with E-state index in [-0.39, 0.29) is 12.5 Å². The first-order valence-corrected chi connectivity index (χ1v) is 9.88. The molecule has 26 heavy (non-hydrogen) atoms. The maximum Gasteiger partial charge on any atom is 0.253 e. The summed E-state index contributed by atoms with van der Waals surface area (Å²) in [4.78, 5) is 15.8. The molecule has 1 aromatic carbocycles. The minimum absolute atomic E-state index is 0.0361. The molecule has 2 aromatic rings. The third-order valence-electron chi connectivity index (χ3n) is 5.49. The largest absolute Gasteiger partial charge is 0.390 e. The molecule has 4 rings (SSSR count). The van der Waals surface area contributed by atoms with Gasteiger partial charge in [0.1, 0.15) is 6.10 Å². The van der Waals surface area contributed by atoms with E-state index in [1.807, 2.05) is 40.6 Å². The van der Waals surface area contributed by atoms with Gasteiger partial charge in [0.05, 0.1) is 18.3 Å². The van der Waals surface area contributed by atoms with E-state index < -0.39 is 17.8 Å². The number of aliphatic hydroxyl groups is 2. The topological polar surface area (TPSA) is 70.0 Å². The molecule has 1 amide bonds. The summed E-state index contributed by atoms with van der Waals surface area (Å²) in [7, 11) is 0. The molecule has 1 spiro atoms. The lowest BCUT2D eigenvalue weighted by atomic mass is 9.82. The summed E-state index contributed by atoms with van der Waals surface area (Å²) in [5, 5.41) is 21.6. The first kappa shape index (κ1) is 17.7. The molecule has 0 aliphatic carbocycles. The van der Waals surface area contributed by atoms with Gasteiger partial charge in [-0.2, -0.15) is 0 Å². The molecular weight excluding hydrogens is 350 g/mol. The molecule has 3 heterocycles. The van der Waals surface area contributed by atoms with Gasteiger partial charge in [0, 0.05) is 30.0 Å². The molecule has 2 aliphatic heterocycles. The van der Waals surface area contributed by atoms with Crippen molar-refractivity contribution in [1.82, 2.24) is 4.90 Å². The summed E-state index contributed by atoms with van der Waals surface area (Å²) in [5.41, 5.74) is 1.41. The van der Waals surface area contributed by atoms with Crippen LogP contribution in [0.3, 0.4) is 0 Å². The van der Waals surface area contributed by atoms with Crippen molar-refractivity contribution < 1.29 is 19.7 Å². The summed E-state index contributed by atoms with van der Waals surface area (Å²) in [6.07, 6.45) is 0.273. The summed E-state index contributed by atoms with van der Waals surface area (Å²) >= 11 is 1.68. The van der Waals surface area contributed by atoms with Gasteiger partial charge in [0.25, 0.3) is 5.91 Å². The van der Waals surface area contributed by atoms with Gasteiger partial charge in [-0.05, 0) is 42.0 Å². The maximum atomic E-state index is 12.8. The second-order valence-electron chi connectivity index (χ2n) is 7.18. The lowest BCUT2D eigenvalue weighted by Crippen LogP contribution is -2.55. The Kier molecular flexibility index (Phi) is 4.84. The van der Waals surface area contributed by atoms with E-state index in [0.717, 1.165) is 5.56 Å². The fourth-order valence-electron chi connectivity index (χ4n) is 3.82. The predicted molar refractivity (Wildman–Crippen MR) is 100 cm³/mol. The highest BCUT2D eigenvalue weighted by molar-refractivity contribution is 7.13. The number of nitrogens with zero attached hydrogens (tertiary/aromatic N) is 1. The van der Waals surface area contributed by atoms with E-state index in [2.05, 4.69) is 6.07 Å². The third kappa shape index (κ3) is 3.42. The van der Waals surface area contributed by atoms with Crippen LogP contribution in [0.5, 0.6) is 0 Å². The first-order chi connectivity index (χ1) is 12.6. The van der Waals surface area contributed by atoms with Gasteiger partial charge in [-0.3, -0.25) is 4.79 Å². The van der Waals surface area contributed by atoms with E-state index in [9.17, 15) is 15.0 Å². The number of carbonyl (C=O) groups excluding carboxylic acids is 1.